The number of piperidine rings is 1. The molecule has 158 valence electrons. The summed E-state index contributed by atoms with van der Waals surface area (Å²) in [5, 5.41) is 6.66. The first-order valence-corrected chi connectivity index (χ1v) is 11.3. The number of nitrogens with one attached hydrogen (secondary N) is 2. The third-order valence-corrected chi connectivity index (χ3v) is 6.28. The zero-order valence-corrected chi connectivity index (χ0v) is 18.0. The van der Waals surface area contributed by atoms with Crippen LogP contribution in [-0.4, -0.2) is 72.4 Å². The summed E-state index contributed by atoms with van der Waals surface area (Å²) in [5.74, 6) is 2.65. The van der Waals surface area contributed by atoms with E-state index in [1.165, 1.54) is 6.26 Å². The summed E-state index contributed by atoms with van der Waals surface area (Å²) in [6.07, 6.45) is 3.83. The number of sulfonamides is 1. The zero-order chi connectivity index (χ0) is 20.6. The monoisotopic (exact) mass is 412 g/mol. The number of hydrogen-bond donors (Lipinski definition) is 2. The predicted molar refractivity (Wildman–Crippen MR) is 112 cm³/mol. The quantitative estimate of drug-likeness (QED) is 0.490. The van der Waals surface area contributed by atoms with Gasteiger partial charge in [0.15, 0.2) is 17.5 Å². The fraction of sp³-hybridized carbons (Fsp3) is 0.632. The van der Waals surface area contributed by atoms with Crippen molar-refractivity contribution in [3.63, 3.8) is 0 Å². The Kier molecular flexibility index (Phi) is 8.37. The third-order valence-electron chi connectivity index (χ3n) is 4.98. The lowest BCUT2D eigenvalue weighted by Gasteiger charge is -2.30. The van der Waals surface area contributed by atoms with Crippen molar-refractivity contribution in [1.29, 1.82) is 0 Å². The smallest absolute Gasteiger partial charge is 0.211 e. The van der Waals surface area contributed by atoms with Gasteiger partial charge in [0.2, 0.25) is 10.0 Å². The molecule has 0 radical (unpaired) electrons. The normalized spacial score (nSPS) is 16.6. The van der Waals surface area contributed by atoms with Crippen molar-refractivity contribution in [1.82, 2.24) is 14.9 Å². The Morgan fingerprint density at radius 1 is 1.18 bits per heavy atom. The Hall–Kier alpha value is -2.00. The van der Waals surface area contributed by atoms with Crippen LogP contribution in [0.4, 0.5) is 0 Å². The minimum absolute atomic E-state index is 0.447. The molecule has 0 aromatic heterocycles. The van der Waals surface area contributed by atoms with Crippen LogP contribution in [0.25, 0.3) is 0 Å². The van der Waals surface area contributed by atoms with Gasteiger partial charge < -0.3 is 20.1 Å². The second kappa shape index (κ2) is 10.5. The van der Waals surface area contributed by atoms with Gasteiger partial charge in [-0.3, -0.25) is 4.99 Å². The Morgan fingerprint density at radius 3 is 2.43 bits per heavy atom. The van der Waals surface area contributed by atoms with Crippen LogP contribution in [0, 0.1) is 5.92 Å². The van der Waals surface area contributed by atoms with Crippen LogP contribution in [0.3, 0.4) is 0 Å². The number of rotatable bonds is 8. The van der Waals surface area contributed by atoms with Gasteiger partial charge in [-0.1, -0.05) is 6.07 Å². The topological polar surface area (TPSA) is 92.3 Å². The SMILES string of the molecule is CN=C(NCCc1ccc(OC)c(OC)c1)NCC1CCN(S(C)(=O)=O)CC1. The molecule has 1 aromatic carbocycles. The molecule has 9 heteroatoms. The Balaban J connectivity index is 1.74. The fourth-order valence-electron chi connectivity index (χ4n) is 3.27. The Labute approximate surface area is 168 Å². The van der Waals surface area contributed by atoms with Crippen LogP contribution in [-0.2, 0) is 16.4 Å². The van der Waals surface area contributed by atoms with E-state index in [1.54, 1.807) is 25.6 Å². The first kappa shape index (κ1) is 22.3. The first-order chi connectivity index (χ1) is 13.4. The lowest BCUT2D eigenvalue weighted by atomic mass is 9.98. The summed E-state index contributed by atoms with van der Waals surface area (Å²) >= 11 is 0. The van der Waals surface area contributed by atoms with Gasteiger partial charge in [0, 0.05) is 33.2 Å². The molecule has 1 aliphatic heterocycles. The number of nitrogens with zero attached hydrogens (tertiary/aromatic N) is 2. The third kappa shape index (κ3) is 6.56. The van der Waals surface area contributed by atoms with Crippen LogP contribution in [0.2, 0.25) is 0 Å². The molecule has 2 N–H and O–H groups in total. The molecule has 0 atom stereocenters. The van der Waals surface area contributed by atoms with Crippen molar-refractivity contribution in [2.45, 2.75) is 19.3 Å². The van der Waals surface area contributed by atoms with E-state index in [1.807, 2.05) is 18.2 Å². The van der Waals surface area contributed by atoms with E-state index >= 15 is 0 Å². The van der Waals surface area contributed by atoms with E-state index in [0.717, 1.165) is 55.4 Å². The molecule has 1 fully saturated rings. The van der Waals surface area contributed by atoms with E-state index in [9.17, 15) is 8.42 Å². The molecule has 1 heterocycles. The number of hydrogen-bond acceptors (Lipinski definition) is 5. The van der Waals surface area contributed by atoms with E-state index in [0.29, 0.717) is 19.0 Å². The van der Waals surface area contributed by atoms with E-state index < -0.39 is 10.0 Å². The number of ether oxygens (including phenoxy) is 2. The average Bonchev–Trinajstić information content (AvgIpc) is 2.70. The van der Waals surface area contributed by atoms with Gasteiger partial charge in [0.1, 0.15) is 0 Å². The van der Waals surface area contributed by atoms with Gasteiger partial charge in [-0.25, -0.2) is 12.7 Å². The summed E-state index contributed by atoms with van der Waals surface area (Å²) in [5.41, 5.74) is 1.15. The number of guanidine groups is 1. The predicted octanol–water partition coefficient (Wildman–Crippen LogP) is 1.08. The number of aliphatic imine (C=N–C) groups is 1. The lowest BCUT2D eigenvalue weighted by Crippen LogP contribution is -2.44. The van der Waals surface area contributed by atoms with Gasteiger partial charge in [0.05, 0.1) is 20.5 Å². The molecular weight excluding hydrogens is 380 g/mol. The molecule has 0 aliphatic carbocycles. The van der Waals surface area contributed by atoms with Crippen molar-refractivity contribution < 1.29 is 17.9 Å². The number of benzene rings is 1. The summed E-state index contributed by atoms with van der Waals surface area (Å²) < 4.78 is 35.3. The molecule has 0 spiro atoms. The summed E-state index contributed by atoms with van der Waals surface area (Å²) in [6, 6.07) is 5.91. The molecule has 0 amide bonds. The van der Waals surface area contributed by atoms with Crippen LogP contribution >= 0.6 is 0 Å². The van der Waals surface area contributed by atoms with Crippen molar-refractivity contribution in [2.75, 3.05) is 53.7 Å². The van der Waals surface area contributed by atoms with Crippen LogP contribution in [0.15, 0.2) is 23.2 Å². The van der Waals surface area contributed by atoms with E-state index in [2.05, 4.69) is 15.6 Å². The highest BCUT2D eigenvalue weighted by Gasteiger charge is 2.24. The van der Waals surface area contributed by atoms with Crippen LogP contribution in [0.5, 0.6) is 11.5 Å². The molecule has 2 rings (SSSR count). The highest BCUT2D eigenvalue weighted by molar-refractivity contribution is 7.88. The van der Waals surface area contributed by atoms with Gasteiger partial charge in [-0.05, 0) is 42.9 Å². The molecule has 0 saturated carbocycles. The fourth-order valence-corrected chi connectivity index (χ4v) is 4.14. The molecule has 1 aromatic rings. The second-order valence-corrected chi connectivity index (χ2v) is 8.91. The molecule has 1 aliphatic rings. The molecule has 0 unspecified atom stereocenters. The van der Waals surface area contributed by atoms with Gasteiger partial charge in [0.25, 0.3) is 0 Å². The molecule has 1 saturated heterocycles. The maximum absolute atomic E-state index is 11.6. The minimum atomic E-state index is -3.07. The largest absolute Gasteiger partial charge is 0.493 e. The van der Waals surface area contributed by atoms with Crippen molar-refractivity contribution in [3.05, 3.63) is 23.8 Å². The van der Waals surface area contributed by atoms with Crippen molar-refractivity contribution >= 4 is 16.0 Å². The summed E-state index contributed by atoms with van der Waals surface area (Å²) in [6.45, 7) is 2.71. The highest BCUT2D eigenvalue weighted by Crippen LogP contribution is 2.27. The summed E-state index contributed by atoms with van der Waals surface area (Å²) in [7, 11) is 1.93. The Morgan fingerprint density at radius 2 is 1.86 bits per heavy atom. The molecule has 0 bridgehead atoms. The number of methoxy groups -OCH3 is 2. The first-order valence-electron chi connectivity index (χ1n) is 9.48. The molecule has 8 nitrogen and oxygen atoms in total. The molecule has 28 heavy (non-hydrogen) atoms. The maximum Gasteiger partial charge on any atom is 0.211 e. The van der Waals surface area contributed by atoms with Gasteiger partial charge in [-0.2, -0.15) is 0 Å². The van der Waals surface area contributed by atoms with Crippen molar-refractivity contribution in [2.24, 2.45) is 10.9 Å². The zero-order valence-electron chi connectivity index (χ0n) is 17.2. The van der Waals surface area contributed by atoms with Crippen LogP contribution < -0.4 is 20.1 Å². The van der Waals surface area contributed by atoms with E-state index in [4.69, 9.17) is 9.47 Å². The average molecular weight is 413 g/mol. The van der Waals surface area contributed by atoms with Gasteiger partial charge >= 0.3 is 0 Å². The summed E-state index contributed by atoms with van der Waals surface area (Å²) in [4.78, 5) is 4.26. The highest BCUT2D eigenvalue weighted by atomic mass is 32.2. The van der Waals surface area contributed by atoms with Crippen LogP contribution in [0.1, 0.15) is 18.4 Å². The molecular formula is C19H32N4O4S. The van der Waals surface area contributed by atoms with Crippen molar-refractivity contribution in [3.8, 4) is 11.5 Å². The lowest BCUT2D eigenvalue weighted by molar-refractivity contribution is 0.275. The van der Waals surface area contributed by atoms with E-state index in [-0.39, 0.29) is 0 Å². The minimum Gasteiger partial charge on any atom is -0.493 e. The standard InChI is InChI=1S/C19H32N4O4S/c1-20-19(22-14-16-8-11-23(12-9-16)28(4,24)25)21-10-7-15-5-6-17(26-2)18(13-15)27-3/h5-6,13,16H,7-12,14H2,1-4H3,(H2,20,21,22). The maximum atomic E-state index is 11.6. The second-order valence-electron chi connectivity index (χ2n) is 6.92. The van der Waals surface area contributed by atoms with Gasteiger partial charge in [-0.15, -0.1) is 0 Å². The Bertz CT molecular complexity index is 759.